The van der Waals surface area contributed by atoms with Crippen molar-refractivity contribution in [3.05, 3.63) is 29.3 Å². The van der Waals surface area contributed by atoms with E-state index in [1.807, 2.05) is 12.1 Å². The third-order valence-electron chi connectivity index (χ3n) is 5.36. The van der Waals surface area contributed by atoms with Crippen LogP contribution in [0.3, 0.4) is 0 Å². The third kappa shape index (κ3) is 6.92. The van der Waals surface area contributed by atoms with E-state index in [1.165, 1.54) is 24.7 Å². The molecule has 1 fully saturated rings. The molecule has 2 aromatic rings. The minimum absolute atomic E-state index is 0.0777. The topological polar surface area (TPSA) is 116 Å². The smallest absolute Gasteiger partial charge is 0.321 e. The van der Waals surface area contributed by atoms with Gasteiger partial charge in [-0.05, 0) is 38.0 Å². The van der Waals surface area contributed by atoms with Crippen molar-refractivity contribution in [2.24, 2.45) is 0 Å². The summed E-state index contributed by atoms with van der Waals surface area (Å²) in [5.41, 5.74) is 1.35. The van der Waals surface area contributed by atoms with E-state index in [2.05, 4.69) is 15.6 Å². The Morgan fingerprint density at radius 1 is 1.12 bits per heavy atom. The highest BCUT2D eigenvalue weighted by Gasteiger charge is 2.23. The first-order chi connectivity index (χ1) is 15.9. The lowest BCUT2D eigenvalue weighted by Gasteiger charge is -2.23. The molecule has 1 aromatic heterocycles. The van der Waals surface area contributed by atoms with Crippen molar-refractivity contribution in [1.29, 1.82) is 0 Å². The summed E-state index contributed by atoms with van der Waals surface area (Å²) >= 11 is 1.38. The maximum atomic E-state index is 12.3. The highest BCUT2D eigenvalue weighted by Crippen LogP contribution is 2.33. The molecule has 1 unspecified atom stereocenters. The van der Waals surface area contributed by atoms with Gasteiger partial charge in [-0.2, -0.15) is 0 Å². The van der Waals surface area contributed by atoms with Gasteiger partial charge in [-0.15, -0.1) is 11.3 Å². The monoisotopic (exact) mass is 475 g/mol. The van der Waals surface area contributed by atoms with Crippen LogP contribution in [0.25, 0.3) is 10.6 Å². The molecule has 178 valence electrons. The molecule has 1 atom stereocenters. The fourth-order valence-corrected chi connectivity index (χ4v) is 4.43. The van der Waals surface area contributed by atoms with E-state index in [0.29, 0.717) is 22.2 Å². The summed E-state index contributed by atoms with van der Waals surface area (Å²) in [6.45, 7) is 1.43. The second-order valence-electron chi connectivity index (χ2n) is 7.82. The quantitative estimate of drug-likeness (QED) is 0.562. The number of imide groups is 1. The number of hydrogen-bond acceptors (Lipinski definition) is 8. The van der Waals surface area contributed by atoms with E-state index in [0.717, 1.165) is 31.2 Å². The van der Waals surface area contributed by atoms with Gasteiger partial charge in [-0.1, -0.05) is 19.3 Å². The summed E-state index contributed by atoms with van der Waals surface area (Å²) in [5.74, 6) is -0.0738. The molecule has 1 aliphatic carbocycles. The molecule has 0 aliphatic heterocycles. The standard InChI is InChI=1S/C23H29N3O6S/c1-14(21(28)26-23(29)25-16-7-5-4-6-8-16)32-20(27)12-17-13-33-22(24-17)15-9-10-18(30-2)19(11-15)31-3/h9-11,13-14,16H,4-8,12H2,1-3H3,(H2,25,26,28,29). The van der Waals surface area contributed by atoms with E-state index < -0.39 is 24.0 Å². The first kappa shape index (κ1) is 24.5. The Morgan fingerprint density at radius 2 is 1.85 bits per heavy atom. The number of aromatic nitrogens is 1. The van der Waals surface area contributed by atoms with Crippen LogP contribution in [0.1, 0.15) is 44.7 Å². The Bertz CT molecular complexity index is 986. The number of ether oxygens (including phenoxy) is 3. The number of benzene rings is 1. The minimum atomic E-state index is -1.10. The Labute approximate surface area is 196 Å². The van der Waals surface area contributed by atoms with Gasteiger partial charge in [0.05, 0.1) is 26.3 Å². The molecule has 0 spiro atoms. The maximum absolute atomic E-state index is 12.3. The SMILES string of the molecule is COc1ccc(-c2nc(CC(=O)OC(C)C(=O)NC(=O)NC3CCCCC3)cs2)cc1OC. The van der Waals surface area contributed by atoms with Crippen molar-refractivity contribution in [2.45, 2.75) is 57.6 Å². The summed E-state index contributed by atoms with van der Waals surface area (Å²) in [7, 11) is 3.12. The molecule has 33 heavy (non-hydrogen) atoms. The molecule has 3 amide bonds. The van der Waals surface area contributed by atoms with E-state index >= 15 is 0 Å². The molecule has 2 N–H and O–H groups in total. The molecular formula is C23H29N3O6S. The predicted octanol–water partition coefficient (Wildman–Crippen LogP) is 3.46. The lowest BCUT2D eigenvalue weighted by Crippen LogP contribution is -2.48. The number of methoxy groups -OCH3 is 2. The molecule has 0 radical (unpaired) electrons. The summed E-state index contributed by atoms with van der Waals surface area (Å²) in [6.07, 6.45) is 3.93. The fraction of sp³-hybridized carbons (Fsp3) is 0.478. The molecule has 0 saturated heterocycles. The van der Waals surface area contributed by atoms with Crippen molar-refractivity contribution >= 4 is 29.2 Å². The number of thiazole rings is 1. The van der Waals surface area contributed by atoms with Crippen LogP contribution in [0.4, 0.5) is 4.79 Å². The Morgan fingerprint density at radius 3 is 2.55 bits per heavy atom. The highest BCUT2D eigenvalue weighted by atomic mass is 32.1. The Hall–Kier alpha value is -3.14. The predicted molar refractivity (Wildman–Crippen MR) is 123 cm³/mol. The number of nitrogens with one attached hydrogen (secondary N) is 2. The number of esters is 1. The van der Waals surface area contributed by atoms with E-state index in [-0.39, 0.29) is 12.5 Å². The second kappa shape index (κ2) is 11.6. The average Bonchev–Trinajstić information content (AvgIpc) is 3.27. The lowest BCUT2D eigenvalue weighted by molar-refractivity contribution is -0.153. The summed E-state index contributed by atoms with van der Waals surface area (Å²) in [5, 5.41) is 7.51. The molecule has 1 aliphatic rings. The molecule has 10 heteroatoms. The van der Waals surface area contributed by atoms with Gasteiger partial charge in [0.25, 0.3) is 5.91 Å². The maximum Gasteiger partial charge on any atom is 0.321 e. The van der Waals surface area contributed by atoms with Crippen LogP contribution in [0.5, 0.6) is 11.5 Å². The third-order valence-corrected chi connectivity index (χ3v) is 6.30. The van der Waals surface area contributed by atoms with Gasteiger partial charge in [0.1, 0.15) is 5.01 Å². The zero-order valence-corrected chi connectivity index (χ0v) is 19.8. The lowest BCUT2D eigenvalue weighted by atomic mass is 9.96. The number of carbonyl (C=O) groups excluding carboxylic acids is 3. The zero-order valence-electron chi connectivity index (χ0n) is 19.0. The van der Waals surface area contributed by atoms with Crippen molar-refractivity contribution in [2.75, 3.05) is 14.2 Å². The molecule has 1 aromatic carbocycles. The molecule has 0 bridgehead atoms. The van der Waals surface area contributed by atoms with Crippen LogP contribution in [-0.4, -0.2) is 49.3 Å². The van der Waals surface area contributed by atoms with Crippen molar-refractivity contribution in [1.82, 2.24) is 15.6 Å². The van der Waals surface area contributed by atoms with Crippen LogP contribution < -0.4 is 20.1 Å². The largest absolute Gasteiger partial charge is 0.493 e. The van der Waals surface area contributed by atoms with Gasteiger partial charge >= 0.3 is 12.0 Å². The van der Waals surface area contributed by atoms with Gasteiger partial charge in [0.15, 0.2) is 17.6 Å². The molecule has 1 saturated carbocycles. The van der Waals surface area contributed by atoms with Crippen LogP contribution in [0.2, 0.25) is 0 Å². The van der Waals surface area contributed by atoms with Crippen molar-refractivity contribution < 1.29 is 28.6 Å². The molecular weight excluding hydrogens is 446 g/mol. The first-order valence-electron chi connectivity index (χ1n) is 10.9. The second-order valence-corrected chi connectivity index (χ2v) is 8.68. The van der Waals surface area contributed by atoms with Crippen LogP contribution in [-0.2, 0) is 20.7 Å². The normalized spacial score (nSPS) is 14.8. The van der Waals surface area contributed by atoms with Crippen LogP contribution >= 0.6 is 11.3 Å². The van der Waals surface area contributed by atoms with Gasteiger partial charge in [0.2, 0.25) is 0 Å². The molecule has 1 heterocycles. The minimum Gasteiger partial charge on any atom is -0.493 e. The number of rotatable bonds is 8. The van der Waals surface area contributed by atoms with Crippen LogP contribution in [0.15, 0.2) is 23.6 Å². The summed E-state index contributed by atoms with van der Waals surface area (Å²) in [6, 6.07) is 4.97. The molecule has 3 rings (SSSR count). The zero-order chi connectivity index (χ0) is 23.8. The van der Waals surface area contributed by atoms with Crippen LogP contribution in [0, 0.1) is 0 Å². The first-order valence-corrected chi connectivity index (χ1v) is 11.7. The highest BCUT2D eigenvalue weighted by molar-refractivity contribution is 7.13. The Balaban J connectivity index is 1.49. The van der Waals surface area contributed by atoms with Crippen molar-refractivity contribution in [3.63, 3.8) is 0 Å². The average molecular weight is 476 g/mol. The number of amides is 3. The van der Waals surface area contributed by atoms with E-state index in [9.17, 15) is 14.4 Å². The van der Waals surface area contributed by atoms with Gasteiger partial charge in [-0.3, -0.25) is 14.9 Å². The number of nitrogens with zero attached hydrogens (tertiary/aromatic N) is 1. The fourth-order valence-electron chi connectivity index (χ4n) is 3.61. The molecule has 9 nitrogen and oxygen atoms in total. The Kier molecular flexibility index (Phi) is 8.65. The number of hydrogen-bond donors (Lipinski definition) is 2. The van der Waals surface area contributed by atoms with Crippen molar-refractivity contribution in [3.8, 4) is 22.1 Å². The number of urea groups is 1. The van der Waals surface area contributed by atoms with E-state index in [1.54, 1.807) is 25.7 Å². The number of carbonyl (C=O) groups is 3. The summed E-state index contributed by atoms with van der Waals surface area (Å²) < 4.78 is 15.7. The summed E-state index contributed by atoms with van der Waals surface area (Å²) in [4.78, 5) is 41.0. The van der Waals surface area contributed by atoms with Gasteiger partial charge in [0, 0.05) is 17.0 Å². The van der Waals surface area contributed by atoms with Gasteiger partial charge < -0.3 is 19.5 Å². The van der Waals surface area contributed by atoms with E-state index in [4.69, 9.17) is 14.2 Å². The van der Waals surface area contributed by atoms with Gasteiger partial charge in [-0.25, -0.2) is 9.78 Å².